The number of carbonyl (C=O) groups excluding carboxylic acids is 1. The van der Waals surface area contributed by atoms with Gasteiger partial charge in [0.15, 0.2) is 6.29 Å². The van der Waals surface area contributed by atoms with Crippen molar-refractivity contribution < 1.29 is 19.1 Å². The maximum atomic E-state index is 12.1. The minimum Gasteiger partial charge on any atom is -0.442 e. The Kier molecular flexibility index (Phi) is 6.02. The summed E-state index contributed by atoms with van der Waals surface area (Å²) in [5.74, 6) is 0.220. The van der Waals surface area contributed by atoms with Gasteiger partial charge in [0.05, 0.1) is 6.54 Å². The molecule has 1 amide bonds. The van der Waals surface area contributed by atoms with Crippen LogP contribution in [0.1, 0.15) is 48.0 Å². The minimum absolute atomic E-state index is 0.220. The Bertz CT molecular complexity index is 355. The Balaban J connectivity index is 2.73. The standard InChI is InChI=1S/C15H27NO4/c1-7-18-13-9-12(8-11(2)3)10-16(20-13)14(17)19-15(4,5)6/h8,12-13H,7,9-10H2,1-6H3. The summed E-state index contributed by atoms with van der Waals surface area (Å²) >= 11 is 0. The molecule has 0 spiro atoms. The van der Waals surface area contributed by atoms with E-state index in [1.165, 1.54) is 10.6 Å². The molecule has 20 heavy (non-hydrogen) atoms. The zero-order chi connectivity index (χ0) is 15.3. The van der Waals surface area contributed by atoms with Crippen LogP contribution in [0.3, 0.4) is 0 Å². The fraction of sp³-hybridized carbons (Fsp3) is 0.800. The Hall–Kier alpha value is -1.07. The second-order valence-electron chi connectivity index (χ2n) is 6.27. The summed E-state index contributed by atoms with van der Waals surface area (Å²) in [4.78, 5) is 17.7. The smallest absolute Gasteiger partial charge is 0.434 e. The van der Waals surface area contributed by atoms with Crippen molar-refractivity contribution in [2.75, 3.05) is 13.2 Å². The van der Waals surface area contributed by atoms with E-state index in [9.17, 15) is 4.79 Å². The molecular weight excluding hydrogens is 258 g/mol. The van der Waals surface area contributed by atoms with E-state index in [2.05, 4.69) is 6.08 Å². The van der Waals surface area contributed by atoms with Crippen LogP contribution < -0.4 is 0 Å². The summed E-state index contributed by atoms with van der Waals surface area (Å²) < 4.78 is 10.8. The molecule has 0 saturated carbocycles. The number of rotatable bonds is 3. The molecule has 1 saturated heterocycles. The Morgan fingerprint density at radius 3 is 2.55 bits per heavy atom. The van der Waals surface area contributed by atoms with E-state index in [4.69, 9.17) is 14.3 Å². The van der Waals surface area contributed by atoms with E-state index in [1.54, 1.807) is 0 Å². The van der Waals surface area contributed by atoms with Crippen LogP contribution in [0, 0.1) is 5.92 Å². The largest absolute Gasteiger partial charge is 0.442 e. The molecule has 1 fully saturated rings. The van der Waals surface area contributed by atoms with E-state index in [-0.39, 0.29) is 5.92 Å². The maximum absolute atomic E-state index is 12.1. The quantitative estimate of drug-likeness (QED) is 0.745. The Morgan fingerprint density at radius 1 is 1.40 bits per heavy atom. The normalized spacial score (nSPS) is 23.4. The summed E-state index contributed by atoms with van der Waals surface area (Å²) in [5, 5.41) is 1.28. The van der Waals surface area contributed by atoms with Gasteiger partial charge in [-0.3, -0.25) is 0 Å². The number of hydrogen-bond donors (Lipinski definition) is 0. The predicted octanol–water partition coefficient (Wildman–Crippen LogP) is 3.50. The summed E-state index contributed by atoms with van der Waals surface area (Å²) in [6.45, 7) is 12.5. The van der Waals surface area contributed by atoms with Crippen LogP contribution in [0.25, 0.3) is 0 Å². The van der Waals surface area contributed by atoms with Crippen molar-refractivity contribution in [3.63, 3.8) is 0 Å². The van der Waals surface area contributed by atoms with Gasteiger partial charge in [-0.1, -0.05) is 11.6 Å². The highest BCUT2D eigenvalue weighted by atomic mass is 16.8. The number of carbonyl (C=O) groups is 1. The van der Waals surface area contributed by atoms with Crippen molar-refractivity contribution in [1.82, 2.24) is 5.06 Å². The lowest BCUT2D eigenvalue weighted by Crippen LogP contribution is -2.46. The van der Waals surface area contributed by atoms with Crippen LogP contribution in [0.4, 0.5) is 4.79 Å². The number of hydrogen-bond acceptors (Lipinski definition) is 4. The van der Waals surface area contributed by atoms with Gasteiger partial charge in [-0.15, -0.1) is 0 Å². The van der Waals surface area contributed by atoms with E-state index in [1.807, 2.05) is 41.5 Å². The monoisotopic (exact) mass is 285 g/mol. The van der Waals surface area contributed by atoms with E-state index >= 15 is 0 Å². The lowest BCUT2D eigenvalue weighted by Gasteiger charge is -2.36. The van der Waals surface area contributed by atoms with Crippen LogP contribution in [-0.4, -0.2) is 36.2 Å². The Morgan fingerprint density at radius 2 is 2.05 bits per heavy atom. The first-order chi connectivity index (χ1) is 9.21. The second-order valence-corrected chi connectivity index (χ2v) is 6.27. The highest BCUT2D eigenvalue weighted by molar-refractivity contribution is 5.67. The second kappa shape index (κ2) is 7.09. The molecule has 5 heteroatoms. The van der Waals surface area contributed by atoms with E-state index in [0.29, 0.717) is 13.2 Å². The number of allylic oxidation sites excluding steroid dienone is 1. The molecule has 0 radical (unpaired) electrons. The van der Waals surface area contributed by atoms with E-state index in [0.717, 1.165) is 6.42 Å². The molecule has 1 heterocycles. The highest BCUT2D eigenvalue weighted by Gasteiger charge is 2.33. The molecule has 0 aromatic heterocycles. The molecule has 116 valence electrons. The summed E-state index contributed by atoms with van der Waals surface area (Å²) in [5.41, 5.74) is 0.682. The number of ether oxygens (including phenoxy) is 2. The zero-order valence-corrected chi connectivity index (χ0v) is 13.4. The van der Waals surface area contributed by atoms with Crippen molar-refractivity contribution in [3.8, 4) is 0 Å². The number of amides is 1. The molecular formula is C15H27NO4. The fourth-order valence-corrected chi connectivity index (χ4v) is 2.07. The molecule has 2 atom stereocenters. The van der Waals surface area contributed by atoms with Crippen LogP contribution >= 0.6 is 0 Å². The first-order valence-corrected chi connectivity index (χ1v) is 7.15. The molecule has 0 bridgehead atoms. The summed E-state index contributed by atoms with van der Waals surface area (Å²) in [6.07, 6.45) is 2.03. The third-order valence-corrected chi connectivity index (χ3v) is 2.66. The van der Waals surface area contributed by atoms with Crippen molar-refractivity contribution in [1.29, 1.82) is 0 Å². The molecule has 2 unspecified atom stereocenters. The molecule has 5 nitrogen and oxygen atoms in total. The molecule has 1 aliphatic heterocycles. The van der Waals surface area contributed by atoms with Crippen LogP contribution in [-0.2, 0) is 14.3 Å². The van der Waals surface area contributed by atoms with Gasteiger partial charge in [0, 0.05) is 18.9 Å². The average Bonchev–Trinajstić information content (AvgIpc) is 2.25. The third-order valence-electron chi connectivity index (χ3n) is 2.66. The van der Waals surface area contributed by atoms with Gasteiger partial charge < -0.3 is 9.47 Å². The molecule has 0 aliphatic carbocycles. The van der Waals surface area contributed by atoms with Gasteiger partial charge in [0.2, 0.25) is 0 Å². The lowest BCUT2D eigenvalue weighted by molar-refractivity contribution is -0.291. The van der Waals surface area contributed by atoms with Crippen LogP contribution in [0.15, 0.2) is 11.6 Å². The summed E-state index contributed by atoms with van der Waals surface area (Å²) in [7, 11) is 0. The number of nitrogens with zero attached hydrogens (tertiary/aromatic N) is 1. The molecule has 1 rings (SSSR count). The molecule has 0 aromatic carbocycles. The topological polar surface area (TPSA) is 48.0 Å². The van der Waals surface area contributed by atoms with Crippen molar-refractivity contribution in [3.05, 3.63) is 11.6 Å². The zero-order valence-electron chi connectivity index (χ0n) is 13.4. The van der Waals surface area contributed by atoms with Gasteiger partial charge in [-0.2, -0.15) is 5.06 Å². The van der Waals surface area contributed by atoms with Gasteiger partial charge in [-0.05, 0) is 41.5 Å². The predicted molar refractivity (Wildman–Crippen MR) is 77.0 cm³/mol. The average molecular weight is 285 g/mol. The van der Waals surface area contributed by atoms with E-state index < -0.39 is 18.0 Å². The minimum atomic E-state index is -0.537. The van der Waals surface area contributed by atoms with Gasteiger partial charge in [0.25, 0.3) is 0 Å². The van der Waals surface area contributed by atoms with Crippen molar-refractivity contribution in [2.45, 2.75) is 59.9 Å². The Labute approximate surface area is 121 Å². The SMILES string of the molecule is CCOC1CC(C=C(C)C)CN(C(=O)OC(C)(C)C)O1. The maximum Gasteiger partial charge on any atom is 0.434 e. The summed E-state index contributed by atoms with van der Waals surface area (Å²) in [6, 6.07) is 0. The molecule has 0 aromatic rings. The van der Waals surface area contributed by atoms with Gasteiger partial charge >= 0.3 is 6.09 Å². The van der Waals surface area contributed by atoms with Crippen LogP contribution in [0.2, 0.25) is 0 Å². The highest BCUT2D eigenvalue weighted by Crippen LogP contribution is 2.24. The first-order valence-electron chi connectivity index (χ1n) is 7.15. The van der Waals surface area contributed by atoms with Crippen molar-refractivity contribution in [2.24, 2.45) is 5.92 Å². The molecule has 1 aliphatic rings. The van der Waals surface area contributed by atoms with Gasteiger partial charge in [0.1, 0.15) is 5.60 Å². The number of hydroxylamine groups is 2. The lowest BCUT2D eigenvalue weighted by atomic mass is 10.0. The molecule has 0 N–H and O–H groups in total. The van der Waals surface area contributed by atoms with Crippen LogP contribution in [0.5, 0.6) is 0 Å². The van der Waals surface area contributed by atoms with Gasteiger partial charge in [-0.25, -0.2) is 9.63 Å². The fourth-order valence-electron chi connectivity index (χ4n) is 2.07. The third kappa shape index (κ3) is 5.92. The van der Waals surface area contributed by atoms with Crippen molar-refractivity contribution >= 4 is 6.09 Å². The first kappa shape index (κ1) is 17.0.